The van der Waals surface area contributed by atoms with Crippen molar-refractivity contribution in [3.8, 4) is 0 Å². The SMILES string of the molecule is O=C(Nc1nc2c(s1)CN(C(=O)c1cccc(C(F)(F)F)c1)CC2)c1cccs1. The van der Waals surface area contributed by atoms with Crippen molar-refractivity contribution in [3.63, 3.8) is 0 Å². The number of nitrogens with zero attached hydrogens (tertiary/aromatic N) is 2. The van der Waals surface area contributed by atoms with Gasteiger partial charge in [0, 0.05) is 23.4 Å². The molecule has 0 unspecified atom stereocenters. The lowest BCUT2D eigenvalue weighted by Gasteiger charge is -2.26. The molecule has 1 aromatic carbocycles. The molecule has 5 nitrogen and oxygen atoms in total. The third-order valence-electron chi connectivity index (χ3n) is 4.42. The van der Waals surface area contributed by atoms with Crippen LogP contribution in [-0.2, 0) is 19.1 Å². The summed E-state index contributed by atoms with van der Waals surface area (Å²) in [4.78, 5) is 32.2. The molecule has 0 saturated heterocycles. The van der Waals surface area contributed by atoms with Crippen molar-refractivity contribution >= 4 is 39.6 Å². The average molecular weight is 437 g/mol. The van der Waals surface area contributed by atoms with Gasteiger partial charge in [0.05, 0.1) is 22.7 Å². The number of aromatic nitrogens is 1. The van der Waals surface area contributed by atoms with Crippen molar-refractivity contribution < 1.29 is 22.8 Å². The van der Waals surface area contributed by atoms with Crippen molar-refractivity contribution in [2.45, 2.75) is 19.1 Å². The van der Waals surface area contributed by atoms with E-state index < -0.39 is 17.6 Å². The number of thiazole rings is 1. The smallest absolute Gasteiger partial charge is 0.333 e. The number of halogens is 3. The first-order valence-corrected chi connectivity index (χ1v) is 10.3. The van der Waals surface area contributed by atoms with Crippen molar-refractivity contribution in [1.29, 1.82) is 0 Å². The summed E-state index contributed by atoms with van der Waals surface area (Å²) < 4.78 is 38.7. The summed E-state index contributed by atoms with van der Waals surface area (Å²) >= 11 is 2.59. The van der Waals surface area contributed by atoms with E-state index in [-0.39, 0.29) is 18.0 Å². The summed E-state index contributed by atoms with van der Waals surface area (Å²) in [6, 6.07) is 7.92. The fourth-order valence-corrected chi connectivity index (χ4v) is 4.64. The van der Waals surface area contributed by atoms with Gasteiger partial charge in [0.2, 0.25) is 0 Å². The minimum Gasteiger partial charge on any atom is -0.333 e. The summed E-state index contributed by atoms with van der Waals surface area (Å²) in [5, 5.41) is 5.00. The lowest BCUT2D eigenvalue weighted by Crippen LogP contribution is -2.35. The van der Waals surface area contributed by atoms with Gasteiger partial charge in [-0.25, -0.2) is 4.98 Å². The Bertz CT molecular complexity index is 1060. The lowest BCUT2D eigenvalue weighted by atomic mass is 10.1. The van der Waals surface area contributed by atoms with Crippen LogP contribution in [0.2, 0.25) is 0 Å². The van der Waals surface area contributed by atoms with Crippen LogP contribution in [0.15, 0.2) is 41.8 Å². The van der Waals surface area contributed by atoms with Gasteiger partial charge in [0.1, 0.15) is 0 Å². The molecular formula is C19H14F3N3O2S2. The van der Waals surface area contributed by atoms with E-state index >= 15 is 0 Å². The van der Waals surface area contributed by atoms with Crippen LogP contribution in [0.1, 0.15) is 36.2 Å². The van der Waals surface area contributed by atoms with Crippen molar-refractivity contribution in [2.24, 2.45) is 0 Å². The minimum atomic E-state index is -4.50. The molecule has 0 bridgehead atoms. The second-order valence-electron chi connectivity index (χ2n) is 6.38. The first-order chi connectivity index (χ1) is 13.8. The predicted octanol–water partition coefficient (Wildman–Crippen LogP) is 4.67. The van der Waals surface area contributed by atoms with Crippen LogP contribution in [0.5, 0.6) is 0 Å². The number of rotatable bonds is 3. The molecule has 150 valence electrons. The third-order valence-corrected chi connectivity index (χ3v) is 6.29. The number of fused-ring (bicyclic) bond motifs is 1. The molecule has 4 rings (SSSR count). The molecule has 0 radical (unpaired) electrons. The van der Waals surface area contributed by atoms with Gasteiger partial charge in [-0.1, -0.05) is 23.5 Å². The predicted molar refractivity (Wildman–Crippen MR) is 104 cm³/mol. The highest BCUT2D eigenvalue weighted by atomic mass is 32.1. The highest BCUT2D eigenvalue weighted by molar-refractivity contribution is 7.16. The molecule has 0 aliphatic carbocycles. The summed E-state index contributed by atoms with van der Waals surface area (Å²) in [5.41, 5.74) is -0.0546. The van der Waals surface area contributed by atoms with Crippen molar-refractivity contribution in [3.05, 3.63) is 68.4 Å². The van der Waals surface area contributed by atoms with Crippen molar-refractivity contribution in [1.82, 2.24) is 9.88 Å². The van der Waals surface area contributed by atoms with Crippen LogP contribution in [0, 0.1) is 0 Å². The number of nitrogens with one attached hydrogen (secondary N) is 1. The first kappa shape index (κ1) is 19.6. The Hall–Kier alpha value is -2.72. The molecule has 3 aromatic rings. The molecule has 0 atom stereocenters. The molecular weight excluding hydrogens is 423 g/mol. The molecule has 0 saturated carbocycles. The van der Waals surface area contributed by atoms with Gasteiger partial charge in [-0.2, -0.15) is 13.2 Å². The average Bonchev–Trinajstić information content (AvgIpc) is 3.35. The monoisotopic (exact) mass is 437 g/mol. The molecule has 10 heteroatoms. The van der Waals surface area contributed by atoms with Gasteiger partial charge >= 0.3 is 6.18 Å². The zero-order valence-corrected chi connectivity index (χ0v) is 16.5. The highest BCUT2D eigenvalue weighted by Gasteiger charge is 2.32. The Morgan fingerprint density at radius 2 is 2.00 bits per heavy atom. The normalized spacial score (nSPS) is 13.8. The van der Waals surface area contributed by atoms with E-state index in [4.69, 9.17) is 0 Å². The van der Waals surface area contributed by atoms with Crippen LogP contribution in [0.25, 0.3) is 0 Å². The van der Waals surface area contributed by atoms with E-state index in [0.717, 1.165) is 22.7 Å². The van der Waals surface area contributed by atoms with Gasteiger partial charge in [0.25, 0.3) is 11.8 Å². The molecule has 1 aliphatic heterocycles. The Kier molecular flexibility index (Phi) is 5.13. The maximum Gasteiger partial charge on any atom is 0.416 e. The first-order valence-electron chi connectivity index (χ1n) is 8.61. The second-order valence-corrected chi connectivity index (χ2v) is 8.41. The molecule has 3 heterocycles. The molecule has 29 heavy (non-hydrogen) atoms. The van der Waals surface area contributed by atoms with E-state index in [1.165, 1.54) is 39.7 Å². The zero-order chi connectivity index (χ0) is 20.6. The molecule has 2 aromatic heterocycles. The van der Waals surface area contributed by atoms with E-state index in [1.54, 1.807) is 17.5 Å². The van der Waals surface area contributed by atoms with Gasteiger partial charge < -0.3 is 4.90 Å². The summed E-state index contributed by atoms with van der Waals surface area (Å²) in [6.07, 6.45) is -4.02. The highest BCUT2D eigenvalue weighted by Crippen LogP contribution is 2.32. The van der Waals surface area contributed by atoms with Crippen LogP contribution in [0.3, 0.4) is 0 Å². The van der Waals surface area contributed by atoms with Crippen LogP contribution < -0.4 is 5.32 Å². The van der Waals surface area contributed by atoms with E-state index in [2.05, 4.69) is 10.3 Å². The number of carbonyl (C=O) groups is 2. The van der Waals surface area contributed by atoms with Crippen LogP contribution in [-0.4, -0.2) is 28.2 Å². The zero-order valence-electron chi connectivity index (χ0n) is 14.8. The minimum absolute atomic E-state index is 0.000915. The maximum absolute atomic E-state index is 12.9. The number of amides is 2. The fourth-order valence-electron chi connectivity index (χ4n) is 3.00. The summed E-state index contributed by atoms with van der Waals surface area (Å²) in [5.74, 6) is -0.706. The van der Waals surface area contributed by atoms with Gasteiger partial charge in [-0.05, 0) is 29.6 Å². The van der Waals surface area contributed by atoms with Gasteiger partial charge in [-0.15, -0.1) is 11.3 Å². The number of carbonyl (C=O) groups excluding carboxylic acids is 2. The van der Waals surface area contributed by atoms with Gasteiger partial charge in [-0.3, -0.25) is 14.9 Å². The molecule has 2 amide bonds. The molecule has 0 fully saturated rings. The Labute approximate surface area is 171 Å². The summed E-state index contributed by atoms with van der Waals surface area (Å²) in [6.45, 7) is 0.598. The van der Waals surface area contributed by atoms with Gasteiger partial charge in [0.15, 0.2) is 5.13 Å². The number of benzene rings is 1. The quantitative estimate of drug-likeness (QED) is 0.648. The molecule has 1 aliphatic rings. The largest absolute Gasteiger partial charge is 0.416 e. The number of hydrogen-bond acceptors (Lipinski definition) is 5. The van der Waals surface area contributed by atoms with Crippen LogP contribution in [0.4, 0.5) is 18.3 Å². The molecule has 1 N–H and O–H groups in total. The second kappa shape index (κ2) is 7.60. The number of hydrogen-bond donors (Lipinski definition) is 1. The lowest BCUT2D eigenvalue weighted by molar-refractivity contribution is -0.137. The van der Waals surface area contributed by atoms with Crippen molar-refractivity contribution in [2.75, 3.05) is 11.9 Å². The Morgan fingerprint density at radius 1 is 1.17 bits per heavy atom. The van der Waals surface area contributed by atoms with E-state index in [1.807, 2.05) is 0 Å². The van der Waals surface area contributed by atoms with Crippen LogP contribution >= 0.6 is 22.7 Å². The topological polar surface area (TPSA) is 62.3 Å². The number of alkyl halides is 3. The van der Waals surface area contributed by atoms with E-state index in [9.17, 15) is 22.8 Å². The standard InChI is InChI=1S/C19H14F3N3O2S2/c20-19(21,22)12-4-1-3-11(9-12)17(27)25-7-6-13-15(10-25)29-18(23-13)24-16(26)14-5-2-8-28-14/h1-5,8-9H,6-7,10H2,(H,23,24,26). The fraction of sp³-hybridized carbons (Fsp3) is 0.211. The maximum atomic E-state index is 12.9. The number of anilines is 1. The Morgan fingerprint density at radius 3 is 2.72 bits per heavy atom. The summed E-state index contributed by atoms with van der Waals surface area (Å²) in [7, 11) is 0. The molecule has 0 spiro atoms. The number of thiophene rings is 1. The third kappa shape index (κ3) is 4.18. The Balaban J connectivity index is 1.48. The van der Waals surface area contributed by atoms with E-state index in [0.29, 0.717) is 23.0 Å².